The first-order chi connectivity index (χ1) is 9.49. The molecule has 2 N–H and O–H groups in total. The zero-order valence-corrected chi connectivity index (χ0v) is 11.9. The van der Waals surface area contributed by atoms with Gasteiger partial charge in [0.25, 0.3) is 0 Å². The van der Waals surface area contributed by atoms with E-state index in [1.165, 1.54) is 0 Å². The molecule has 0 bridgehead atoms. The predicted octanol–water partition coefficient (Wildman–Crippen LogP) is 1.86. The van der Waals surface area contributed by atoms with Crippen molar-refractivity contribution in [3.63, 3.8) is 0 Å². The average Bonchev–Trinajstić information content (AvgIpc) is 2.37. The van der Waals surface area contributed by atoms with Gasteiger partial charge in [-0.25, -0.2) is 9.78 Å². The van der Waals surface area contributed by atoms with Crippen LogP contribution in [-0.2, 0) is 9.53 Å². The fourth-order valence-electron chi connectivity index (χ4n) is 1.94. The van der Waals surface area contributed by atoms with Crippen LogP contribution < -0.4 is 5.32 Å². The summed E-state index contributed by atoms with van der Waals surface area (Å²) >= 11 is 0. The summed E-state index contributed by atoms with van der Waals surface area (Å²) in [5.74, 6) is -0.638. The molecule has 6 nitrogen and oxygen atoms in total. The highest BCUT2D eigenvalue weighted by Crippen LogP contribution is 2.19. The molecular weight excluding hydrogens is 258 g/mol. The van der Waals surface area contributed by atoms with Gasteiger partial charge >= 0.3 is 5.97 Å². The summed E-state index contributed by atoms with van der Waals surface area (Å²) in [7, 11) is 1.57. The third-order valence-corrected chi connectivity index (χ3v) is 2.91. The average molecular weight is 277 g/mol. The summed E-state index contributed by atoms with van der Waals surface area (Å²) in [6.07, 6.45) is 1.02. The number of aromatic nitrogens is 1. The predicted molar refractivity (Wildman–Crippen MR) is 74.6 cm³/mol. The van der Waals surface area contributed by atoms with Gasteiger partial charge in [-0.15, -0.1) is 0 Å². The van der Waals surface area contributed by atoms with Crippen molar-refractivity contribution >= 4 is 11.8 Å². The molecule has 1 unspecified atom stereocenters. The number of pyridine rings is 1. The van der Waals surface area contributed by atoms with Gasteiger partial charge < -0.3 is 15.2 Å². The number of hydrogen-bond acceptors (Lipinski definition) is 5. The van der Waals surface area contributed by atoms with Crippen molar-refractivity contribution in [3.05, 3.63) is 22.9 Å². The molecule has 0 saturated heterocycles. The molecule has 0 saturated carbocycles. The van der Waals surface area contributed by atoms with Crippen LogP contribution in [0.15, 0.2) is 6.07 Å². The van der Waals surface area contributed by atoms with E-state index in [4.69, 9.17) is 10.00 Å². The van der Waals surface area contributed by atoms with E-state index in [0.717, 1.165) is 11.3 Å². The van der Waals surface area contributed by atoms with E-state index in [1.54, 1.807) is 27.0 Å². The number of nitriles is 1. The standard InChI is InChI=1S/C14H19N3O3/c1-9-7-10(2)16-13(11(9)8-15)17-12(14(18)19)5-4-6-20-3/h7,12H,4-6H2,1-3H3,(H,16,17)(H,18,19). The number of aliphatic carboxylic acids is 1. The van der Waals surface area contributed by atoms with E-state index < -0.39 is 12.0 Å². The molecule has 1 rings (SSSR count). The molecule has 20 heavy (non-hydrogen) atoms. The van der Waals surface area contributed by atoms with Crippen molar-refractivity contribution in [2.75, 3.05) is 19.0 Å². The summed E-state index contributed by atoms with van der Waals surface area (Å²) in [6, 6.07) is 3.07. The fourth-order valence-corrected chi connectivity index (χ4v) is 1.94. The van der Waals surface area contributed by atoms with Gasteiger partial charge in [0, 0.05) is 19.4 Å². The number of carboxylic acid groups (broad SMARTS) is 1. The Morgan fingerprint density at radius 1 is 1.60 bits per heavy atom. The van der Waals surface area contributed by atoms with Crippen molar-refractivity contribution < 1.29 is 14.6 Å². The topological polar surface area (TPSA) is 95.2 Å². The minimum absolute atomic E-state index is 0.329. The van der Waals surface area contributed by atoms with Gasteiger partial charge in [-0.2, -0.15) is 5.26 Å². The van der Waals surface area contributed by atoms with Gasteiger partial charge in [0.05, 0.1) is 5.56 Å². The van der Waals surface area contributed by atoms with E-state index in [1.807, 2.05) is 0 Å². The third kappa shape index (κ3) is 4.21. The number of methoxy groups -OCH3 is 1. The Morgan fingerprint density at radius 3 is 2.85 bits per heavy atom. The van der Waals surface area contributed by atoms with E-state index in [-0.39, 0.29) is 0 Å². The van der Waals surface area contributed by atoms with Gasteiger partial charge in [-0.1, -0.05) is 0 Å². The lowest BCUT2D eigenvalue weighted by Crippen LogP contribution is -2.30. The molecule has 0 aliphatic rings. The summed E-state index contributed by atoms with van der Waals surface area (Å²) < 4.78 is 4.92. The summed E-state index contributed by atoms with van der Waals surface area (Å²) in [4.78, 5) is 15.5. The SMILES string of the molecule is COCCCC(Nc1nc(C)cc(C)c1C#N)C(=O)O. The largest absolute Gasteiger partial charge is 0.480 e. The first kappa shape index (κ1) is 15.9. The Kier molecular flexibility index (Phi) is 5.94. The fraction of sp³-hybridized carbons (Fsp3) is 0.500. The number of carbonyl (C=O) groups is 1. The Labute approximate surface area is 118 Å². The highest BCUT2D eigenvalue weighted by molar-refractivity contribution is 5.77. The number of ether oxygens (including phenoxy) is 1. The molecule has 0 aromatic carbocycles. The van der Waals surface area contributed by atoms with Crippen LogP contribution in [0, 0.1) is 25.2 Å². The number of carboxylic acids is 1. The minimum atomic E-state index is -0.967. The molecule has 0 spiro atoms. The molecule has 1 aromatic rings. The maximum atomic E-state index is 11.3. The van der Waals surface area contributed by atoms with Gasteiger partial charge in [-0.3, -0.25) is 0 Å². The lowest BCUT2D eigenvalue weighted by molar-refractivity contribution is -0.138. The van der Waals surface area contributed by atoms with Crippen molar-refractivity contribution in [2.45, 2.75) is 32.7 Å². The maximum absolute atomic E-state index is 11.3. The first-order valence-electron chi connectivity index (χ1n) is 6.36. The number of rotatable bonds is 7. The zero-order valence-electron chi connectivity index (χ0n) is 11.9. The summed E-state index contributed by atoms with van der Waals surface area (Å²) in [5.41, 5.74) is 1.90. The number of anilines is 1. The van der Waals surface area contributed by atoms with E-state index in [2.05, 4.69) is 16.4 Å². The quantitative estimate of drug-likeness (QED) is 0.739. The van der Waals surface area contributed by atoms with Crippen LogP contribution in [0.4, 0.5) is 5.82 Å². The van der Waals surface area contributed by atoms with E-state index >= 15 is 0 Å². The van der Waals surface area contributed by atoms with Crippen molar-refractivity contribution in [1.29, 1.82) is 5.26 Å². The molecular formula is C14H19N3O3. The molecule has 0 radical (unpaired) electrons. The van der Waals surface area contributed by atoms with Crippen molar-refractivity contribution in [2.24, 2.45) is 0 Å². The molecule has 1 atom stereocenters. The van der Waals surface area contributed by atoms with E-state index in [9.17, 15) is 9.90 Å². The van der Waals surface area contributed by atoms with Crippen LogP contribution in [0.1, 0.15) is 29.7 Å². The second kappa shape index (κ2) is 7.46. The minimum Gasteiger partial charge on any atom is -0.480 e. The third-order valence-electron chi connectivity index (χ3n) is 2.91. The second-order valence-electron chi connectivity index (χ2n) is 4.59. The van der Waals surface area contributed by atoms with Crippen molar-refractivity contribution in [1.82, 2.24) is 4.98 Å². The Morgan fingerprint density at radius 2 is 2.30 bits per heavy atom. The maximum Gasteiger partial charge on any atom is 0.326 e. The molecule has 1 aromatic heterocycles. The van der Waals surface area contributed by atoms with Gasteiger partial charge in [0.15, 0.2) is 0 Å². The molecule has 0 aliphatic carbocycles. The molecule has 0 fully saturated rings. The number of hydrogen-bond donors (Lipinski definition) is 2. The van der Waals surface area contributed by atoms with Gasteiger partial charge in [0.1, 0.15) is 17.9 Å². The zero-order chi connectivity index (χ0) is 15.1. The molecule has 1 heterocycles. The normalized spacial score (nSPS) is 11.7. The Balaban J connectivity index is 2.93. The van der Waals surface area contributed by atoms with Gasteiger partial charge in [0.2, 0.25) is 0 Å². The number of nitrogens with one attached hydrogen (secondary N) is 1. The van der Waals surface area contributed by atoms with Crippen LogP contribution in [0.5, 0.6) is 0 Å². The van der Waals surface area contributed by atoms with Crippen LogP contribution in [0.2, 0.25) is 0 Å². The highest BCUT2D eigenvalue weighted by Gasteiger charge is 2.19. The molecule has 0 aliphatic heterocycles. The second-order valence-corrected chi connectivity index (χ2v) is 4.59. The van der Waals surface area contributed by atoms with Crippen LogP contribution >= 0.6 is 0 Å². The first-order valence-corrected chi connectivity index (χ1v) is 6.36. The van der Waals surface area contributed by atoms with Crippen LogP contribution in [0.25, 0.3) is 0 Å². The number of aryl methyl sites for hydroxylation is 2. The van der Waals surface area contributed by atoms with Gasteiger partial charge in [-0.05, 0) is 38.3 Å². The monoisotopic (exact) mass is 277 g/mol. The molecule has 6 heteroatoms. The van der Waals surface area contributed by atoms with E-state index in [0.29, 0.717) is 30.8 Å². The van der Waals surface area contributed by atoms with Crippen LogP contribution in [0.3, 0.4) is 0 Å². The lowest BCUT2D eigenvalue weighted by atomic mass is 10.1. The highest BCUT2D eigenvalue weighted by atomic mass is 16.5. The summed E-state index contributed by atoms with van der Waals surface area (Å²) in [6.45, 7) is 4.11. The molecule has 108 valence electrons. The van der Waals surface area contributed by atoms with Crippen LogP contribution in [-0.4, -0.2) is 35.8 Å². The lowest BCUT2D eigenvalue weighted by Gasteiger charge is -2.17. The Hall–Kier alpha value is -2.13. The smallest absolute Gasteiger partial charge is 0.326 e. The van der Waals surface area contributed by atoms with Crippen molar-refractivity contribution in [3.8, 4) is 6.07 Å². The Bertz CT molecular complexity index is 523. The summed E-state index contributed by atoms with van der Waals surface area (Å²) in [5, 5.41) is 21.2. The number of nitrogens with zero attached hydrogens (tertiary/aromatic N) is 2. The molecule has 0 amide bonds.